The van der Waals surface area contributed by atoms with E-state index in [1.165, 1.54) is 24.2 Å². The standard InChI is InChI=1S/C16H20N2O/c19-16(13-6-2-1-3-7-13)10-11-18-12-17-14-8-4-5-9-15(14)18/h1-3,6-7,12,16,19H,4-5,8-11H2. The first kappa shape index (κ1) is 12.4. The van der Waals surface area contributed by atoms with E-state index in [1.54, 1.807) is 0 Å². The molecule has 1 aromatic carbocycles. The van der Waals surface area contributed by atoms with E-state index in [0.717, 1.165) is 31.4 Å². The second-order valence-corrected chi connectivity index (χ2v) is 5.25. The van der Waals surface area contributed by atoms with Crippen molar-refractivity contribution in [1.82, 2.24) is 9.55 Å². The zero-order valence-electron chi connectivity index (χ0n) is 11.1. The van der Waals surface area contributed by atoms with Gasteiger partial charge >= 0.3 is 0 Å². The van der Waals surface area contributed by atoms with Crippen LogP contribution < -0.4 is 0 Å². The molecule has 1 aliphatic carbocycles. The number of hydrogen-bond acceptors (Lipinski definition) is 2. The Morgan fingerprint density at radius 1 is 1.16 bits per heavy atom. The lowest BCUT2D eigenvalue weighted by Crippen LogP contribution is -2.10. The van der Waals surface area contributed by atoms with Crippen molar-refractivity contribution >= 4 is 0 Å². The van der Waals surface area contributed by atoms with Crippen molar-refractivity contribution in [2.45, 2.75) is 44.8 Å². The van der Waals surface area contributed by atoms with Gasteiger partial charge in [0.2, 0.25) is 0 Å². The zero-order valence-corrected chi connectivity index (χ0v) is 11.1. The van der Waals surface area contributed by atoms with Crippen LogP contribution in [-0.2, 0) is 19.4 Å². The van der Waals surface area contributed by atoms with Gasteiger partial charge in [0, 0.05) is 12.2 Å². The summed E-state index contributed by atoms with van der Waals surface area (Å²) in [7, 11) is 0. The molecule has 3 nitrogen and oxygen atoms in total. The Morgan fingerprint density at radius 3 is 2.79 bits per heavy atom. The van der Waals surface area contributed by atoms with E-state index in [2.05, 4.69) is 9.55 Å². The van der Waals surface area contributed by atoms with Crippen LogP contribution in [0.1, 0.15) is 42.3 Å². The molecule has 3 rings (SSSR count). The molecule has 19 heavy (non-hydrogen) atoms. The topological polar surface area (TPSA) is 38.0 Å². The van der Waals surface area contributed by atoms with Gasteiger partial charge in [-0.3, -0.25) is 0 Å². The van der Waals surface area contributed by atoms with Crippen LogP contribution in [0.3, 0.4) is 0 Å². The predicted molar refractivity (Wildman–Crippen MR) is 74.9 cm³/mol. The summed E-state index contributed by atoms with van der Waals surface area (Å²) in [5.74, 6) is 0. The fraction of sp³-hybridized carbons (Fsp3) is 0.438. The van der Waals surface area contributed by atoms with E-state index in [9.17, 15) is 5.11 Å². The fourth-order valence-electron chi connectivity index (χ4n) is 2.83. The Kier molecular flexibility index (Phi) is 3.65. The van der Waals surface area contributed by atoms with Gasteiger partial charge in [0.15, 0.2) is 0 Å². The number of fused-ring (bicyclic) bond motifs is 1. The molecule has 1 aliphatic rings. The van der Waals surface area contributed by atoms with Crippen molar-refractivity contribution in [3.05, 3.63) is 53.6 Å². The molecule has 0 amide bonds. The number of imidazole rings is 1. The molecule has 0 saturated heterocycles. The van der Waals surface area contributed by atoms with Crippen molar-refractivity contribution in [2.24, 2.45) is 0 Å². The molecule has 0 aliphatic heterocycles. The van der Waals surface area contributed by atoms with Gasteiger partial charge in [-0.25, -0.2) is 4.98 Å². The third-order valence-electron chi connectivity index (χ3n) is 3.94. The SMILES string of the molecule is OC(CCn1cnc2c1CCCC2)c1ccccc1. The second-order valence-electron chi connectivity index (χ2n) is 5.25. The first-order chi connectivity index (χ1) is 9.34. The molecule has 1 unspecified atom stereocenters. The van der Waals surface area contributed by atoms with Crippen molar-refractivity contribution in [1.29, 1.82) is 0 Å². The Labute approximate surface area is 113 Å². The first-order valence-corrected chi connectivity index (χ1v) is 7.10. The Morgan fingerprint density at radius 2 is 1.95 bits per heavy atom. The van der Waals surface area contributed by atoms with Gasteiger partial charge in [0.05, 0.1) is 18.1 Å². The first-order valence-electron chi connectivity index (χ1n) is 7.10. The van der Waals surface area contributed by atoms with Crippen LogP contribution in [0.2, 0.25) is 0 Å². The van der Waals surface area contributed by atoms with Crippen LogP contribution >= 0.6 is 0 Å². The maximum atomic E-state index is 10.2. The third kappa shape index (κ3) is 2.71. The summed E-state index contributed by atoms with van der Waals surface area (Å²) in [6, 6.07) is 9.87. The van der Waals surface area contributed by atoms with E-state index in [4.69, 9.17) is 0 Å². The summed E-state index contributed by atoms with van der Waals surface area (Å²) >= 11 is 0. The lowest BCUT2D eigenvalue weighted by atomic mass is 10.0. The molecule has 0 fully saturated rings. The fourth-order valence-corrected chi connectivity index (χ4v) is 2.83. The van der Waals surface area contributed by atoms with Crippen LogP contribution in [0.4, 0.5) is 0 Å². The average Bonchev–Trinajstić information content (AvgIpc) is 2.89. The van der Waals surface area contributed by atoms with Crippen LogP contribution in [-0.4, -0.2) is 14.7 Å². The van der Waals surface area contributed by atoms with E-state index >= 15 is 0 Å². The van der Waals surface area contributed by atoms with Gasteiger partial charge in [-0.1, -0.05) is 30.3 Å². The summed E-state index contributed by atoms with van der Waals surface area (Å²) in [6.45, 7) is 0.846. The van der Waals surface area contributed by atoms with Crippen LogP contribution in [0.25, 0.3) is 0 Å². The maximum absolute atomic E-state index is 10.2. The lowest BCUT2D eigenvalue weighted by Gasteiger charge is -2.16. The summed E-state index contributed by atoms with van der Waals surface area (Å²) in [5, 5.41) is 10.2. The normalized spacial score (nSPS) is 16.1. The van der Waals surface area contributed by atoms with Crippen molar-refractivity contribution in [3.63, 3.8) is 0 Å². The second kappa shape index (κ2) is 5.57. The summed E-state index contributed by atoms with van der Waals surface area (Å²) < 4.78 is 2.22. The van der Waals surface area contributed by atoms with Crippen LogP contribution in [0, 0.1) is 0 Å². The molecule has 3 heteroatoms. The highest BCUT2D eigenvalue weighted by Crippen LogP contribution is 2.22. The van der Waals surface area contributed by atoms with Crippen molar-refractivity contribution in [3.8, 4) is 0 Å². The quantitative estimate of drug-likeness (QED) is 0.913. The van der Waals surface area contributed by atoms with Crippen molar-refractivity contribution in [2.75, 3.05) is 0 Å². The highest BCUT2D eigenvalue weighted by molar-refractivity contribution is 5.18. The van der Waals surface area contributed by atoms with Gasteiger partial charge < -0.3 is 9.67 Å². The van der Waals surface area contributed by atoms with Gasteiger partial charge in [-0.15, -0.1) is 0 Å². The monoisotopic (exact) mass is 256 g/mol. The summed E-state index contributed by atoms with van der Waals surface area (Å²) in [5.41, 5.74) is 3.64. The maximum Gasteiger partial charge on any atom is 0.0951 e. The molecule has 1 atom stereocenters. The van der Waals surface area contributed by atoms with Gasteiger partial charge in [0.25, 0.3) is 0 Å². The molecule has 0 spiro atoms. The molecule has 0 saturated carbocycles. The number of hydrogen-bond donors (Lipinski definition) is 1. The van der Waals surface area contributed by atoms with Crippen molar-refractivity contribution < 1.29 is 5.11 Å². The van der Waals surface area contributed by atoms with E-state index < -0.39 is 0 Å². The lowest BCUT2D eigenvalue weighted by molar-refractivity contribution is 0.160. The van der Waals surface area contributed by atoms with E-state index in [0.29, 0.717) is 0 Å². The molecule has 1 aromatic heterocycles. The molecule has 100 valence electrons. The predicted octanol–water partition coefficient (Wildman–Crippen LogP) is 2.89. The molecular formula is C16H20N2O. The number of benzene rings is 1. The largest absolute Gasteiger partial charge is 0.388 e. The molecule has 0 radical (unpaired) electrons. The number of aliphatic hydroxyl groups excluding tert-OH is 1. The Bertz CT molecular complexity index is 533. The minimum Gasteiger partial charge on any atom is -0.388 e. The number of rotatable bonds is 4. The van der Waals surface area contributed by atoms with Crippen LogP contribution in [0.5, 0.6) is 0 Å². The highest BCUT2D eigenvalue weighted by Gasteiger charge is 2.15. The molecular weight excluding hydrogens is 236 g/mol. The zero-order chi connectivity index (χ0) is 13.1. The summed E-state index contributed by atoms with van der Waals surface area (Å²) in [6.07, 6.45) is 7.07. The Hall–Kier alpha value is -1.61. The smallest absolute Gasteiger partial charge is 0.0951 e. The van der Waals surface area contributed by atoms with Gasteiger partial charge in [-0.2, -0.15) is 0 Å². The molecule has 1 heterocycles. The molecule has 1 N–H and O–H groups in total. The minimum atomic E-state index is -0.386. The minimum absolute atomic E-state index is 0.386. The number of aliphatic hydroxyl groups is 1. The average molecular weight is 256 g/mol. The van der Waals surface area contributed by atoms with Gasteiger partial charge in [-0.05, 0) is 37.7 Å². The molecule has 2 aromatic rings. The van der Waals surface area contributed by atoms with E-state index in [-0.39, 0.29) is 6.10 Å². The summed E-state index contributed by atoms with van der Waals surface area (Å²) in [4.78, 5) is 4.49. The number of aromatic nitrogens is 2. The number of aryl methyl sites for hydroxylation is 2. The highest BCUT2D eigenvalue weighted by atomic mass is 16.3. The van der Waals surface area contributed by atoms with Crippen LogP contribution in [0.15, 0.2) is 36.7 Å². The third-order valence-corrected chi connectivity index (χ3v) is 3.94. The molecule has 0 bridgehead atoms. The Balaban J connectivity index is 1.65. The van der Waals surface area contributed by atoms with Gasteiger partial charge in [0.1, 0.15) is 0 Å². The van der Waals surface area contributed by atoms with E-state index in [1.807, 2.05) is 36.7 Å². The number of nitrogens with zero attached hydrogens (tertiary/aromatic N) is 2.